The van der Waals surface area contributed by atoms with Gasteiger partial charge in [-0.25, -0.2) is 4.79 Å². The highest BCUT2D eigenvalue weighted by Gasteiger charge is 2.23. The highest BCUT2D eigenvalue weighted by Crippen LogP contribution is 2.13. The Kier molecular flexibility index (Phi) is 8.51. The molecule has 0 bridgehead atoms. The van der Waals surface area contributed by atoms with Crippen molar-refractivity contribution in [3.05, 3.63) is 39.9 Å². The van der Waals surface area contributed by atoms with Crippen LogP contribution in [0.4, 0.5) is 10.5 Å². The number of benzene rings is 1. The van der Waals surface area contributed by atoms with Crippen LogP contribution in [0.1, 0.15) is 25.3 Å². The van der Waals surface area contributed by atoms with Crippen LogP contribution in [0.5, 0.6) is 0 Å². The molecule has 28 heavy (non-hydrogen) atoms. The fraction of sp³-hybridized carbons (Fsp3) is 0.579. The van der Waals surface area contributed by atoms with Gasteiger partial charge in [0.2, 0.25) is 0 Å². The summed E-state index contributed by atoms with van der Waals surface area (Å²) in [4.78, 5) is 30.2. The van der Waals surface area contributed by atoms with E-state index in [1.807, 2.05) is 19.1 Å². The Hall–Kier alpha value is -2.84. The van der Waals surface area contributed by atoms with Crippen LogP contribution < -0.4 is 5.32 Å². The van der Waals surface area contributed by atoms with Gasteiger partial charge >= 0.3 is 6.09 Å². The molecule has 0 aromatic heterocycles. The molecule has 1 N–H and O–H groups in total. The van der Waals surface area contributed by atoms with Crippen LogP contribution in [0.2, 0.25) is 0 Å². The third kappa shape index (κ3) is 6.40. The number of piperazine rings is 1. The zero-order valence-corrected chi connectivity index (χ0v) is 16.6. The van der Waals surface area contributed by atoms with Gasteiger partial charge < -0.3 is 19.9 Å². The lowest BCUT2D eigenvalue weighted by atomic mass is 10.1. The molecule has 1 fully saturated rings. The minimum absolute atomic E-state index is 0.122. The number of hydrogen-bond acceptors (Lipinski definition) is 5. The van der Waals surface area contributed by atoms with Crippen molar-refractivity contribution in [2.24, 2.45) is 4.99 Å². The molecule has 9 nitrogen and oxygen atoms in total. The maximum absolute atomic E-state index is 11.8. The molecule has 1 amide bonds. The average molecular weight is 391 g/mol. The molecule has 154 valence electrons. The second-order valence-corrected chi connectivity index (χ2v) is 6.53. The second kappa shape index (κ2) is 11.1. The van der Waals surface area contributed by atoms with Gasteiger partial charge in [-0.2, -0.15) is 0 Å². The number of non-ortho nitro benzene ring substituents is 1. The van der Waals surface area contributed by atoms with Gasteiger partial charge in [0.25, 0.3) is 5.69 Å². The molecule has 0 atom stereocenters. The predicted octanol–water partition coefficient (Wildman–Crippen LogP) is 2.27. The molecule has 0 radical (unpaired) electrons. The quantitative estimate of drug-likeness (QED) is 0.252. The molecular formula is C19H29N5O4. The number of aliphatic imine (C=N–C) groups is 1. The molecule has 0 spiro atoms. The van der Waals surface area contributed by atoms with Crippen LogP contribution in [0.15, 0.2) is 29.3 Å². The molecule has 1 saturated heterocycles. The second-order valence-electron chi connectivity index (χ2n) is 6.53. The number of guanidine groups is 1. The topological polar surface area (TPSA) is 100 Å². The molecule has 0 saturated carbocycles. The van der Waals surface area contributed by atoms with Crippen LogP contribution in [0.25, 0.3) is 0 Å². The van der Waals surface area contributed by atoms with Crippen molar-refractivity contribution < 1.29 is 14.5 Å². The number of aryl methyl sites for hydroxylation is 1. The molecule has 2 rings (SSSR count). The smallest absolute Gasteiger partial charge is 0.409 e. The van der Waals surface area contributed by atoms with Crippen LogP contribution in [-0.4, -0.2) is 73.2 Å². The minimum atomic E-state index is -0.383. The van der Waals surface area contributed by atoms with Crippen LogP contribution in [-0.2, 0) is 11.2 Å². The largest absolute Gasteiger partial charge is 0.450 e. The minimum Gasteiger partial charge on any atom is -0.450 e. The molecule has 1 aromatic rings. The molecule has 9 heteroatoms. The van der Waals surface area contributed by atoms with Gasteiger partial charge in [-0.15, -0.1) is 0 Å². The number of carbonyl (C=O) groups excluding carboxylic acids is 1. The van der Waals surface area contributed by atoms with E-state index in [0.717, 1.165) is 50.4 Å². The van der Waals surface area contributed by atoms with Gasteiger partial charge in [-0.05, 0) is 31.7 Å². The summed E-state index contributed by atoms with van der Waals surface area (Å²) in [5, 5.41) is 14.0. The molecule has 1 aliphatic rings. The fourth-order valence-corrected chi connectivity index (χ4v) is 3.09. The Labute approximate surface area is 165 Å². The first-order valence-corrected chi connectivity index (χ1v) is 9.65. The van der Waals surface area contributed by atoms with Crippen molar-refractivity contribution in [1.29, 1.82) is 0 Å². The summed E-state index contributed by atoms with van der Waals surface area (Å²) in [5.41, 5.74) is 1.22. The van der Waals surface area contributed by atoms with E-state index in [2.05, 4.69) is 15.2 Å². The maximum Gasteiger partial charge on any atom is 0.409 e. The number of nitro groups is 1. The highest BCUT2D eigenvalue weighted by molar-refractivity contribution is 5.80. The first-order chi connectivity index (χ1) is 13.5. The van der Waals surface area contributed by atoms with Gasteiger partial charge in [0.05, 0.1) is 11.5 Å². The van der Waals surface area contributed by atoms with Crippen molar-refractivity contribution >= 4 is 17.7 Å². The standard InChI is InChI=1S/C19H29N5O4/c1-3-28-19(25)23-14-12-22(13-15-23)18(20-2)21-11-5-4-6-16-7-9-17(10-8-16)24(26)27/h7-10H,3-6,11-15H2,1-2H3,(H,20,21). The number of nitrogens with zero attached hydrogens (tertiary/aromatic N) is 4. The molecule has 1 aliphatic heterocycles. The number of unbranched alkanes of at least 4 members (excludes halogenated alkanes) is 1. The number of nitro benzene ring substituents is 1. The van der Waals surface area contributed by atoms with E-state index >= 15 is 0 Å². The highest BCUT2D eigenvalue weighted by atomic mass is 16.6. The van der Waals surface area contributed by atoms with E-state index in [1.54, 1.807) is 24.1 Å². The fourth-order valence-electron chi connectivity index (χ4n) is 3.09. The lowest BCUT2D eigenvalue weighted by Crippen LogP contribution is -2.54. The lowest BCUT2D eigenvalue weighted by molar-refractivity contribution is -0.384. The van der Waals surface area contributed by atoms with Gasteiger partial charge in [0.1, 0.15) is 0 Å². The van der Waals surface area contributed by atoms with E-state index in [0.29, 0.717) is 19.7 Å². The number of hydrogen-bond donors (Lipinski definition) is 1. The zero-order valence-electron chi connectivity index (χ0n) is 16.6. The van der Waals surface area contributed by atoms with E-state index in [-0.39, 0.29) is 16.7 Å². The Bertz CT molecular complexity index is 669. The van der Waals surface area contributed by atoms with E-state index in [4.69, 9.17) is 4.74 Å². The molecule has 1 heterocycles. The number of carbonyl (C=O) groups is 1. The summed E-state index contributed by atoms with van der Waals surface area (Å²) < 4.78 is 5.04. The van der Waals surface area contributed by atoms with Crippen molar-refractivity contribution in [1.82, 2.24) is 15.1 Å². The predicted molar refractivity (Wildman–Crippen MR) is 108 cm³/mol. The van der Waals surface area contributed by atoms with Gasteiger partial charge in [0, 0.05) is 51.9 Å². The SMILES string of the molecule is CCOC(=O)N1CCN(C(=NC)NCCCCc2ccc([N+](=O)[O-])cc2)CC1. The molecule has 0 aliphatic carbocycles. The summed E-state index contributed by atoms with van der Waals surface area (Å²) in [6.07, 6.45) is 2.59. The van der Waals surface area contributed by atoms with Crippen LogP contribution in [0.3, 0.4) is 0 Å². The van der Waals surface area contributed by atoms with Crippen molar-refractivity contribution in [2.45, 2.75) is 26.2 Å². The average Bonchev–Trinajstić information content (AvgIpc) is 2.71. The maximum atomic E-state index is 11.8. The van der Waals surface area contributed by atoms with Crippen LogP contribution in [0, 0.1) is 10.1 Å². The first kappa shape index (κ1) is 21.5. The summed E-state index contributed by atoms with van der Waals surface area (Å²) >= 11 is 0. The molecular weight excluding hydrogens is 362 g/mol. The normalized spacial score (nSPS) is 14.7. The third-order valence-corrected chi connectivity index (χ3v) is 4.64. The summed E-state index contributed by atoms with van der Waals surface area (Å²) in [6, 6.07) is 6.72. The molecule has 0 unspecified atom stereocenters. The number of amides is 1. The zero-order chi connectivity index (χ0) is 20.4. The van der Waals surface area contributed by atoms with Gasteiger partial charge in [-0.1, -0.05) is 12.1 Å². The van der Waals surface area contributed by atoms with E-state index in [1.165, 1.54) is 0 Å². The molecule has 1 aromatic carbocycles. The van der Waals surface area contributed by atoms with E-state index in [9.17, 15) is 14.9 Å². The summed E-state index contributed by atoms with van der Waals surface area (Å²) in [7, 11) is 1.76. The first-order valence-electron chi connectivity index (χ1n) is 9.65. The Morgan fingerprint density at radius 3 is 2.39 bits per heavy atom. The van der Waals surface area contributed by atoms with Crippen molar-refractivity contribution in [3.63, 3.8) is 0 Å². The number of nitrogens with one attached hydrogen (secondary N) is 1. The Morgan fingerprint density at radius 1 is 1.18 bits per heavy atom. The number of rotatable bonds is 7. The summed E-state index contributed by atoms with van der Waals surface area (Å²) in [5.74, 6) is 0.846. The van der Waals surface area contributed by atoms with Gasteiger partial charge in [-0.3, -0.25) is 15.1 Å². The Morgan fingerprint density at radius 2 is 1.82 bits per heavy atom. The summed E-state index contributed by atoms with van der Waals surface area (Å²) in [6.45, 7) is 5.70. The number of ether oxygens (including phenoxy) is 1. The van der Waals surface area contributed by atoms with Crippen molar-refractivity contribution in [3.8, 4) is 0 Å². The monoisotopic (exact) mass is 391 g/mol. The van der Waals surface area contributed by atoms with E-state index < -0.39 is 0 Å². The van der Waals surface area contributed by atoms with Crippen LogP contribution >= 0.6 is 0 Å². The van der Waals surface area contributed by atoms with Crippen molar-refractivity contribution in [2.75, 3.05) is 46.4 Å². The lowest BCUT2D eigenvalue weighted by Gasteiger charge is -2.35. The van der Waals surface area contributed by atoms with Gasteiger partial charge in [0.15, 0.2) is 5.96 Å². The third-order valence-electron chi connectivity index (χ3n) is 4.64. The Balaban J connectivity index is 1.66.